The summed E-state index contributed by atoms with van der Waals surface area (Å²) in [5.74, 6) is -1.91. The smallest absolute Gasteiger partial charge is 0.338 e. The Hall–Kier alpha value is -1.51. The molecule has 0 spiro atoms. The third kappa shape index (κ3) is 2.42. The fourth-order valence-electron chi connectivity index (χ4n) is 5.59. The number of aliphatic hydroxyl groups is 2. The molecule has 2 bridgehead atoms. The van der Waals surface area contributed by atoms with Gasteiger partial charge in [0.25, 0.3) is 0 Å². The van der Waals surface area contributed by atoms with E-state index < -0.39 is 35.9 Å². The first kappa shape index (κ1) is 17.6. The summed E-state index contributed by atoms with van der Waals surface area (Å²) >= 11 is 0. The van der Waals surface area contributed by atoms with Gasteiger partial charge in [0, 0.05) is 11.8 Å². The van der Waals surface area contributed by atoms with Crippen LogP contribution in [0.1, 0.15) is 30.6 Å². The highest BCUT2D eigenvalue weighted by molar-refractivity contribution is 5.89. The van der Waals surface area contributed by atoms with Crippen molar-refractivity contribution in [2.45, 2.75) is 56.3 Å². The van der Waals surface area contributed by atoms with E-state index in [0.717, 1.165) is 0 Å². The van der Waals surface area contributed by atoms with Crippen LogP contribution < -0.4 is 0 Å². The molecule has 27 heavy (non-hydrogen) atoms. The third-order valence-corrected chi connectivity index (χ3v) is 6.60. The zero-order valence-electron chi connectivity index (χ0n) is 15.3. The van der Waals surface area contributed by atoms with E-state index in [9.17, 15) is 15.0 Å². The van der Waals surface area contributed by atoms with Crippen molar-refractivity contribution in [2.24, 2.45) is 17.8 Å². The molecule has 0 amide bonds. The maximum Gasteiger partial charge on any atom is 0.338 e. The average molecular weight is 376 g/mol. The molecule has 4 aliphatic rings. The first-order chi connectivity index (χ1) is 12.8. The molecule has 4 fully saturated rings. The van der Waals surface area contributed by atoms with Gasteiger partial charge in [-0.05, 0) is 38.3 Å². The maximum atomic E-state index is 12.4. The number of rotatable bonds is 3. The number of hydrogen-bond donors (Lipinski definition) is 2. The highest BCUT2D eigenvalue weighted by Gasteiger charge is 2.75. The second-order valence-corrected chi connectivity index (χ2v) is 8.50. The van der Waals surface area contributed by atoms with Crippen LogP contribution in [0.3, 0.4) is 0 Å². The Labute approximate surface area is 157 Å². The van der Waals surface area contributed by atoms with Crippen LogP contribution in [0.25, 0.3) is 0 Å². The van der Waals surface area contributed by atoms with Crippen LogP contribution >= 0.6 is 0 Å². The molecular formula is C20H24O7. The predicted octanol–water partition coefficient (Wildman–Crippen LogP) is 1.08. The van der Waals surface area contributed by atoms with E-state index in [-0.39, 0.29) is 30.5 Å². The van der Waals surface area contributed by atoms with E-state index in [1.807, 2.05) is 19.9 Å². The van der Waals surface area contributed by atoms with Crippen LogP contribution in [0.2, 0.25) is 0 Å². The number of fused-ring (bicyclic) bond motifs is 7. The Bertz CT molecular complexity index is 750. The lowest BCUT2D eigenvalue weighted by Gasteiger charge is -2.43. The Morgan fingerprint density at radius 2 is 1.89 bits per heavy atom. The van der Waals surface area contributed by atoms with Crippen molar-refractivity contribution in [1.29, 1.82) is 0 Å². The normalized spacial score (nSPS) is 46.3. The van der Waals surface area contributed by atoms with Crippen LogP contribution in [0, 0.1) is 17.8 Å². The zero-order chi connectivity index (χ0) is 19.0. The van der Waals surface area contributed by atoms with E-state index >= 15 is 0 Å². The van der Waals surface area contributed by atoms with Gasteiger partial charge in [0.05, 0.1) is 17.8 Å². The molecule has 2 saturated heterocycles. The lowest BCUT2D eigenvalue weighted by atomic mass is 9.72. The summed E-state index contributed by atoms with van der Waals surface area (Å²) in [5.41, 5.74) is -0.444. The quantitative estimate of drug-likeness (QED) is 0.762. The number of benzene rings is 1. The molecule has 2 aliphatic carbocycles. The van der Waals surface area contributed by atoms with Gasteiger partial charge in [-0.25, -0.2) is 4.79 Å². The number of esters is 1. The van der Waals surface area contributed by atoms with E-state index in [0.29, 0.717) is 12.0 Å². The minimum absolute atomic E-state index is 0.00348. The lowest BCUT2D eigenvalue weighted by Crippen LogP contribution is -2.57. The monoisotopic (exact) mass is 376 g/mol. The van der Waals surface area contributed by atoms with Gasteiger partial charge in [-0.3, -0.25) is 0 Å². The second kappa shape index (κ2) is 5.75. The van der Waals surface area contributed by atoms with Gasteiger partial charge in [-0.1, -0.05) is 18.2 Å². The minimum atomic E-state index is -0.909. The molecule has 146 valence electrons. The fourth-order valence-corrected chi connectivity index (χ4v) is 5.59. The Balaban J connectivity index is 1.42. The van der Waals surface area contributed by atoms with Gasteiger partial charge >= 0.3 is 5.97 Å². The molecular weight excluding hydrogens is 352 g/mol. The van der Waals surface area contributed by atoms with Crippen molar-refractivity contribution < 1.29 is 34.0 Å². The maximum absolute atomic E-state index is 12.4. The SMILES string of the molecule is CC1(C)O[C@H]2O[C@@]3(COC(=O)c4ccccc4)[C@H]([C@@H]4C[C@H]3[C@@H](O)[C@H]4O)[C@H]2O1. The molecule has 7 heteroatoms. The van der Waals surface area contributed by atoms with Gasteiger partial charge in [-0.15, -0.1) is 0 Å². The van der Waals surface area contributed by atoms with Crippen molar-refractivity contribution >= 4 is 5.97 Å². The van der Waals surface area contributed by atoms with Crippen molar-refractivity contribution in [3.63, 3.8) is 0 Å². The van der Waals surface area contributed by atoms with Crippen LogP contribution in [0.4, 0.5) is 0 Å². The highest BCUT2D eigenvalue weighted by Crippen LogP contribution is 2.64. The van der Waals surface area contributed by atoms with Crippen molar-refractivity contribution in [2.75, 3.05) is 6.61 Å². The van der Waals surface area contributed by atoms with Crippen molar-refractivity contribution in [3.8, 4) is 0 Å². The number of aliphatic hydroxyl groups excluding tert-OH is 2. The molecule has 2 aliphatic heterocycles. The van der Waals surface area contributed by atoms with Crippen molar-refractivity contribution in [3.05, 3.63) is 35.9 Å². The Morgan fingerprint density at radius 1 is 1.15 bits per heavy atom. The zero-order valence-corrected chi connectivity index (χ0v) is 15.3. The Morgan fingerprint density at radius 3 is 2.63 bits per heavy atom. The Kier molecular flexibility index (Phi) is 3.74. The van der Waals surface area contributed by atoms with E-state index in [1.165, 1.54) is 0 Å². The molecule has 2 heterocycles. The molecule has 1 aromatic carbocycles. The molecule has 2 saturated carbocycles. The van der Waals surface area contributed by atoms with E-state index in [2.05, 4.69) is 0 Å². The van der Waals surface area contributed by atoms with Crippen LogP contribution in [-0.2, 0) is 18.9 Å². The first-order valence-corrected chi connectivity index (χ1v) is 9.44. The summed E-state index contributed by atoms with van der Waals surface area (Å²) in [4.78, 5) is 12.4. The molecule has 0 radical (unpaired) electrons. The van der Waals surface area contributed by atoms with Gasteiger partial charge < -0.3 is 29.2 Å². The molecule has 0 aromatic heterocycles. The minimum Gasteiger partial charge on any atom is -0.459 e. The van der Waals surface area contributed by atoms with Gasteiger partial charge in [0.2, 0.25) is 0 Å². The van der Waals surface area contributed by atoms with Crippen LogP contribution in [0.5, 0.6) is 0 Å². The number of ether oxygens (including phenoxy) is 4. The number of carbonyl (C=O) groups is 1. The fraction of sp³-hybridized carbons (Fsp3) is 0.650. The van der Waals surface area contributed by atoms with Gasteiger partial charge in [0.1, 0.15) is 18.3 Å². The van der Waals surface area contributed by atoms with Gasteiger partial charge in [-0.2, -0.15) is 0 Å². The molecule has 0 unspecified atom stereocenters. The van der Waals surface area contributed by atoms with E-state index in [4.69, 9.17) is 18.9 Å². The highest BCUT2D eigenvalue weighted by atomic mass is 16.8. The summed E-state index contributed by atoms with van der Waals surface area (Å²) in [5, 5.41) is 20.9. The van der Waals surface area contributed by atoms with Crippen LogP contribution in [0.15, 0.2) is 30.3 Å². The van der Waals surface area contributed by atoms with Crippen molar-refractivity contribution in [1.82, 2.24) is 0 Å². The summed E-state index contributed by atoms with van der Waals surface area (Å²) in [6, 6.07) is 8.76. The predicted molar refractivity (Wildman–Crippen MR) is 91.5 cm³/mol. The second-order valence-electron chi connectivity index (χ2n) is 8.50. The topological polar surface area (TPSA) is 94.5 Å². The number of carbonyl (C=O) groups excluding carboxylic acids is 1. The molecule has 8 atom stereocenters. The molecule has 7 nitrogen and oxygen atoms in total. The standard InChI is InChI=1S/C20H24O7/c1-19(2)25-16-13-11-8-12(15(22)14(11)21)20(13,27-18(16)26-19)9-24-17(23)10-6-4-3-5-7-10/h3-7,11-16,18,21-22H,8-9H2,1-2H3/t11-,12-,13+,14-,15+,16+,18-,20+/m0/s1. The molecule has 2 N–H and O–H groups in total. The van der Waals surface area contributed by atoms with Crippen LogP contribution in [-0.4, -0.2) is 58.8 Å². The summed E-state index contributed by atoms with van der Waals surface area (Å²) in [6.07, 6.45) is -2.07. The summed E-state index contributed by atoms with van der Waals surface area (Å²) in [7, 11) is 0. The lowest BCUT2D eigenvalue weighted by molar-refractivity contribution is -0.259. The average Bonchev–Trinajstić information content (AvgIpc) is 3.29. The summed E-state index contributed by atoms with van der Waals surface area (Å²) in [6.45, 7) is 3.64. The first-order valence-electron chi connectivity index (χ1n) is 9.44. The number of hydrogen-bond acceptors (Lipinski definition) is 7. The third-order valence-electron chi connectivity index (χ3n) is 6.60. The molecule has 5 rings (SSSR count). The largest absolute Gasteiger partial charge is 0.459 e. The summed E-state index contributed by atoms with van der Waals surface area (Å²) < 4.78 is 23.8. The molecule has 1 aromatic rings. The van der Waals surface area contributed by atoms with E-state index in [1.54, 1.807) is 24.3 Å². The van der Waals surface area contributed by atoms with Gasteiger partial charge in [0.15, 0.2) is 12.1 Å².